The zero-order chi connectivity index (χ0) is 12.3. The van der Waals surface area contributed by atoms with Gasteiger partial charge in [0.2, 0.25) is 0 Å². The average Bonchev–Trinajstić information content (AvgIpc) is 2.75. The summed E-state index contributed by atoms with van der Waals surface area (Å²) < 4.78 is 19.3. The molecule has 2 atom stereocenters. The van der Waals surface area contributed by atoms with E-state index in [0.29, 0.717) is 6.10 Å². The molecule has 0 spiro atoms. The monoisotopic (exact) mass is 301 g/mol. The molecule has 2 nitrogen and oxygen atoms in total. The minimum Gasteiger partial charge on any atom is -0.378 e. The first-order chi connectivity index (χ1) is 8.15. The number of nitrogens with two attached hydrogens (primary N) is 1. The lowest BCUT2D eigenvalue weighted by Gasteiger charge is -2.16. The van der Waals surface area contributed by atoms with Crippen LogP contribution in [0, 0.1) is 5.82 Å². The van der Waals surface area contributed by atoms with Gasteiger partial charge < -0.3 is 10.5 Å². The molecule has 1 saturated heterocycles. The van der Waals surface area contributed by atoms with Crippen molar-refractivity contribution in [1.29, 1.82) is 0 Å². The Labute approximate surface area is 109 Å². The maximum absolute atomic E-state index is 12.9. The summed E-state index contributed by atoms with van der Waals surface area (Å²) in [6.45, 7) is 0.859. The van der Waals surface area contributed by atoms with Gasteiger partial charge in [-0.05, 0) is 43.4 Å². The summed E-state index contributed by atoms with van der Waals surface area (Å²) in [6.07, 6.45) is 4.18. The van der Waals surface area contributed by atoms with Crippen LogP contribution in [0.15, 0.2) is 22.7 Å². The second kappa shape index (κ2) is 5.94. The van der Waals surface area contributed by atoms with Gasteiger partial charge in [-0.1, -0.05) is 22.0 Å². The molecular weight excluding hydrogens is 285 g/mol. The average molecular weight is 302 g/mol. The van der Waals surface area contributed by atoms with E-state index in [9.17, 15) is 4.39 Å². The molecule has 1 heterocycles. The van der Waals surface area contributed by atoms with Crippen LogP contribution in [0.4, 0.5) is 4.39 Å². The van der Waals surface area contributed by atoms with Crippen molar-refractivity contribution in [1.82, 2.24) is 0 Å². The lowest BCUT2D eigenvalue weighted by Crippen LogP contribution is -2.28. The molecule has 2 unspecified atom stereocenters. The van der Waals surface area contributed by atoms with E-state index in [0.717, 1.165) is 42.3 Å². The van der Waals surface area contributed by atoms with Crippen molar-refractivity contribution >= 4 is 15.9 Å². The summed E-state index contributed by atoms with van der Waals surface area (Å²) in [7, 11) is 0. The summed E-state index contributed by atoms with van der Waals surface area (Å²) in [5, 5.41) is 0. The van der Waals surface area contributed by atoms with Gasteiger partial charge in [0.05, 0.1) is 6.10 Å². The predicted molar refractivity (Wildman–Crippen MR) is 69.4 cm³/mol. The lowest BCUT2D eigenvalue weighted by atomic mass is 10.0. The van der Waals surface area contributed by atoms with Gasteiger partial charge in [-0.25, -0.2) is 4.39 Å². The highest BCUT2D eigenvalue weighted by molar-refractivity contribution is 9.10. The Hall–Kier alpha value is -0.450. The van der Waals surface area contributed by atoms with Crippen molar-refractivity contribution in [3.63, 3.8) is 0 Å². The van der Waals surface area contributed by atoms with Crippen LogP contribution in [-0.2, 0) is 11.2 Å². The molecule has 94 valence electrons. The molecule has 0 radical (unpaired) electrons. The van der Waals surface area contributed by atoms with Crippen LogP contribution in [0.3, 0.4) is 0 Å². The van der Waals surface area contributed by atoms with Crippen LogP contribution >= 0.6 is 15.9 Å². The first-order valence-corrected chi connectivity index (χ1v) is 6.75. The number of hydrogen-bond acceptors (Lipinski definition) is 2. The third-order valence-electron chi connectivity index (χ3n) is 3.09. The third kappa shape index (κ3) is 3.76. The van der Waals surface area contributed by atoms with E-state index in [1.54, 1.807) is 6.07 Å². The van der Waals surface area contributed by atoms with Crippen molar-refractivity contribution in [2.75, 3.05) is 6.61 Å². The minimum atomic E-state index is -0.228. The normalized spacial score (nSPS) is 21.7. The number of hydrogen-bond donors (Lipinski definition) is 1. The molecule has 4 heteroatoms. The fraction of sp³-hybridized carbons (Fsp3) is 0.538. The molecule has 0 amide bonds. The largest absolute Gasteiger partial charge is 0.378 e. The van der Waals surface area contributed by atoms with Crippen LogP contribution < -0.4 is 5.73 Å². The molecule has 17 heavy (non-hydrogen) atoms. The van der Waals surface area contributed by atoms with E-state index in [2.05, 4.69) is 15.9 Å². The molecule has 0 bridgehead atoms. The zero-order valence-corrected chi connectivity index (χ0v) is 11.2. The molecule has 1 aliphatic rings. The fourth-order valence-electron chi connectivity index (χ4n) is 2.22. The standard InChI is InChI=1S/C13H17BrFNO/c14-13-7-10(15)4-3-9(13)6-11(16)8-12-2-1-5-17-12/h3-4,7,11-12H,1-2,5-6,8,16H2. The van der Waals surface area contributed by atoms with Crippen molar-refractivity contribution in [2.24, 2.45) is 5.73 Å². The van der Waals surface area contributed by atoms with Gasteiger partial charge in [-0.3, -0.25) is 0 Å². The second-order valence-corrected chi connectivity index (χ2v) is 5.43. The van der Waals surface area contributed by atoms with E-state index in [4.69, 9.17) is 10.5 Å². The van der Waals surface area contributed by atoms with Crippen molar-refractivity contribution in [2.45, 2.75) is 37.8 Å². The fourth-order valence-corrected chi connectivity index (χ4v) is 2.73. The molecule has 2 N–H and O–H groups in total. The summed E-state index contributed by atoms with van der Waals surface area (Å²) >= 11 is 3.36. The molecule has 1 aromatic rings. The maximum Gasteiger partial charge on any atom is 0.124 e. The van der Waals surface area contributed by atoms with E-state index >= 15 is 0 Å². The summed E-state index contributed by atoms with van der Waals surface area (Å²) in [4.78, 5) is 0. The number of rotatable bonds is 4. The van der Waals surface area contributed by atoms with Crippen LogP contribution in [0.5, 0.6) is 0 Å². The lowest BCUT2D eigenvalue weighted by molar-refractivity contribution is 0.0983. The van der Waals surface area contributed by atoms with E-state index in [1.165, 1.54) is 12.1 Å². The van der Waals surface area contributed by atoms with Crippen LogP contribution in [0.1, 0.15) is 24.8 Å². The smallest absolute Gasteiger partial charge is 0.124 e. The molecule has 1 aliphatic heterocycles. The van der Waals surface area contributed by atoms with E-state index in [1.807, 2.05) is 0 Å². The molecule has 0 aliphatic carbocycles. The van der Waals surface area contributed by atoms with Crippen molar-refractivity contribution in [3.8, 4) is 0 Å². The van der Waals surface area contributed by atoms with Crippen LogP contribution in [0.25, 0.3) is 0 Å². The molecule has 1 aromatic carbocycles. The first kappa shape index (κ1) is 13.0. The molecule has 0 aromatic heterocycles. The van der Waals surface area contributed by atoms with E-state index < -0.39 is 0 Å². The Balaban J connectivity index is 1.90. The number of ether oxygens (including phenoxy) is 1. The zero-order valence-electron chi connectivity index (χ0n) is 9.66. The SMILES string of the molecule is NC(Cc1ccc(F)cc1Br)CC1CCCO1. The Bertz CT molecular complexity index is 380. The van der Waals surface area contributed by atoms with Gasteiger partial charge >= 0.3 is 0 Å². The van der Waals surface area contributed by atoms with E-state index in [-0.39, 0.29) is 11.9 Å². The van der Waals surface area contributed by atoms with Crippen LogP contribution in [0.2, 0.25) is 0 Å². The number of benzene rings is 1. The molecular formula is C13H17BrFNO. The van der Waals surface area contributed by atoms with Gasteiger partial charge in [-0.15, -0.1) is 0 Å². The van der Waals surface area contributed by atoms with Gasteiger partial charge in [0.25, 0.3) is 0 Å². The highest BCUT2D eigenvalue weighted by atomic mass is 79.9. The Kier molecular flexibility index (Phi) is 4.54. The minimum absolute atomic E-state index is 0.0693. The Morgan fingerprint density at radius 2 is 2.35 bits per heavy atom. The maximum atomic E-state index is 12.9. The topological polar surface area (TPSA) is 35.2 Å². The first-order valence-electron chi connectivity index (χ1n) is 5.96. The summed E-state index contributed by atoms with van der Waals surface area (Å²) in [5.41, 5.74) is 7.15. The van der Waals surface area contributed by atoms with Crippen LogP contribution in [-0.4, -0.2) is 18.8 Å². The third-order valence-corrected chi connectivity index (χ3v) is 3.83. The quantitative estimate of drug-likeness (QED) is 0.928. The van der Waals surface area contributed by atoms with Gasteiger partial charge in [0, 0.05) is 17.1 Å². The molecule has 1 fully saturated rings. The highest BCUT2D eigenvalue weighted by Crippen LogP contribution is 2.22. The highest BCUT2D eigenvalue weighted by Gasteiger charge is 2.19. The van der Waals surface area contributed by atoms with Gasteiger partial charge in [0.15, 0.2) is 0 Å². The number of halogens is 2. The van der Waals surface area contributed by atoms with Crippen molar-refractivity contribution < 1.29 is 9.13 Å². The second-order valence-electron chi connectivity index (χ2n) is 4.57. The Morgan fingerprint density at radius 3 is 3.00 bits per heavy atom. The van der Waals surface area contributed by atoms with Crippen molar-refractivity contribution in [3.05, 3.63) is 34.1 Å². The predicted octanol–water partition coefficient (Wildman–Crippen LogP) is 3.03. The molecule has 0 saturated carbocycles. The molecule has 2 rings (SSSR count). The summed E-state index contributed by atoms with van der Waals surface area (Å²) in [6, 6.07) is 4.81. The summed E-state index contributed by atoms with van der Waals surface area (Å²) in [5.74, 6) is -0.228. The van der Waals surface area contributed by atoms with Gasteiger partial charge in [-0.2, -0.15) is 0 Å². The van der Waals surface area contributed by atoms with Gasteiger partial charge in [0.1, 0.15) is 5.82 Å². The Morgan fingerprint density at radius 1 is 1.53 bits per heavy atom.